The van der Waals surface area contributed by atoms with Crippen molar-refractivity contribution in [2.45, 2.75) is 58.6 Å². The Hall–Kier alpha value is -3.55. The van der Waals surface area contributed by atoms with Gasteiger partial charge in [0.2, 0.25) is 11.8 Å². The zero-order valence-electron chi connectivity index (χ0n) is 24.0. The van der Waals surface area contributed by atoms with Crippen LogP contribution in [0.15, 0.2) is 24.3 Å². The van der Waals surface area contributed by atoms with E-state index in [4.69, 9.17) is 27.9 Å². The lowest BCUT2D eigenvalue weighted by Gasteiger charge is -2.36. The van der Waals surface area contributed by atoms with Crippen molar-refractivity contribution in [1.82, 2.24) is 9.80 Å². The summed E-state index contributed by atoms with van der Waals surface area (Å²) in [6.45, 7) is 8.06. The van der Waals surface area contributed by atoms with Crippen LogP contribution in [0.2, 0.25) is 10.0 Å². The maximum absolute atomic E-state index is 14.9. The molecule has 0 saturated carbocycles. The second-order valence-corrected chi connectivity index (χ2v) is 12.4. The first-order chi connectivity index (χ1) is 19.8. The minimum atomic E-state index is -0.735. The number of fused-ring (bicyclic) bond motifs is 1. The van der Waals surface area contributed by atoms with E-state index in [-0.39, 0.29) is 42.0 Å². The third kappa shape index (κ3) is 7.26. The molecular formula is C30H34Cl2FN5O4. The van der Waals surface area contributed by atoms with Gasteiger partial charge in [-0.3, -0.25) is 9.59 Å². The van der Waals surface area contributed by atoms with E-state index < -0.39 is 29.3 Å². The lowest BCUT2D eigenvalue weighted by atomic mass is 9.93. The maximum Gasteiger partial charge on any atom is 0.410 e. The Morgan fingerprint density at radius 1 is 1.14 bits per heavy atom. The van der Waals surface area contributed by atoms with E-state index in [0.29, 0.717) is 42.4 Å². The lowest BCUT2D eigenvalue weighted by Crippen LogP contribution is -2.45. The van der Waals surface area contributed by atoms with Crippen LogP contribution in [0.1, 0.15) is 63.3 Å². The Labute approximate surface area is 254 Å². The smallest absolute Gasteiger partial charge is 0.410 e. The van der Waals surface area contributed by atoms with Crippen LogP contribution in [0.25, 0.3) is 0 Å². The van der Waals surface area contributed by atoms with Gasteiger partial charge in [-0.2, -0.15) is 5.26 Å². The van der Waals surface area contributed by atoms with Gasteiger partial charge < -0.3 is 25.2 Å². The number of likely N-dealkylation sites (tertiary alicyclic amines) is 1. The van der Waals surface area contributed by atoms with Gasteiger partial charge in [-0.15, -0.1) is 0 Å². The highest BCUT2D eigenvalue weighted by molar-refractivity contribution is 6.35. The summed E-state index contributed by atoms with van der Waals surface area (Å²) in [6, 6.07) is 7.42. The van der Waals surface area contributed by atoms with Gasteiger partial charge in [-0.1, -0.05) is 23.2 Å². The van der Waals surface area contributed by atoms with Crippen LogP contribution in [0.5, 0.6) is 0 Å². The van der Waals surface area contributed by atoms with Crippen molar-refractivity contribution >= 4 is 52.5 Å². The molecule has 4 rings (SSSR count). The highest BCUT2D eigenvalue weighted by atomic mass is 35.5. The van der Waals surface area contributed by atoms with E-state index >= 15 is 0 Å². The zero-order chi connectivity index (χ0) is 30.8. The molecule has 2 N–H and O–H groups in total. The van der Waals surface area contributed by atoms with Crippen molar-refractivity contribution in [3.63, 3.8) is 0 Å². The maximum atomic E-state index is 14.9. The van der Waals surface area contributed by atoms with E-state index in [0.717, 1.165) is 17.2 Å². The fourth-order valence-corrected chi connectivity index (χ4v) is 6.03. The predicted molar refractivity (Wildman–Crippen MR) is 159 cm³/mol. The van der Waals surface area contributed by atoms with E-state index in [1.807, 2.05) is 19.1 Å². The number of piperidine rings is 1. The van der Waals surface area contributed by atoms with Gasteiger partial charge in [0, 0.05) is 29.7 Å². The molecule has 1 fully saturated rings. The molecule has 0 aliphatic carbocycles. The van der Waals surface area contributed by atoms with Crippen LogP contribution in [-0.2, 0) is 20.7 Å². The number of amides is 3. The van der Waals surface area contributed by atoms with Gasteiger partial charge in [0.25, 0.3) is 0 Å². The van der Waals surface area contributed by atoms with Crippen LogP contribution in [-0.4, -0.2) is 59.5 Å². The lowest BCUT2D eigenvalue weighted by molar-refractivity contribution is -0.131. The van der Waals surface area contributed by atoms with Crippen LogP contribution in [0, 0.1) is 23.1 Å². The minimum absolute atomic E-state index is 0.0356. The Bertz CT molecular complexity index is 1440. The first-order valence-corrected chi connectivity index (χ1v) is 14.6. The van der Waals surface area contributed by atoms with Crippen molar-refractivity contribution in [2.75, 3.05) is 36.8 Å². The summed E-state index contributed by atoms with van der Waals surface area (Å²) >= 11 is 12.6. The molecule has 3 amide bonds. The van der Waals surface area contributed by atoms with Crippen LogP contribution >= 0.6 is 23.2 Å². The molecule has 12 heteroatoms. The highest BCUT2D eigenvalue weighted by Crippen LogP contribution is 2.37. The third-order valence-electron chi connectivity index (χ3n) is 7.37. The van der Waals surface area contributed by atoms with Gasteiger partial charge in [0.1, 0.15) is 17.5 Å². The van der Waals surface area contributed by atoms with E-state index in [1.54, 1.807) is 31.7 Å². The largest absolute Gasteiger partial charge is 0.444 e. The highest BCUT2D eigenvalue weighted by Gasteiger charge is 2.32. The van der Waals surface area contributed by atoms with Crippen molar-refractivity contribution < 1.29 is 23.5 Å². The van der Waals surface area contributed by atoms with Crippen molar-refractivity contribution in [1.29, 1.82) is 5.26 Å². The molecule has 2 aromatic rings. The molecule has 2 atom stereocenters. The summed E-state index contributed by atoms with van der Waals surface area (Å²) < 4.78 is 20.3. The number of rotatable bonds is 5. The number of halogens is 3. The Kier molecular flexibility index (Phi) is 9.53. The summed E-state index contributed by atoms with van der Waals surface area (Å²) in [7, 11) is 0. The standard InChI is InChI=1S/C30H34Cl2FN5O4/c1-17-27-18(10-21(31)12-22(27)32)7-9-38(17)26(39)15-35-25-13-24(20(14-34)11-23(25)33)36-28(40)19-6-5-8-37(16-19)29(41)42-30(2,3)4/h10-13,17,19,35H,5-9,15-16H2,1-4H3,(H,36,40)/t17?,19-/m0/s1. The van der Waals surface area contributed by atoms with Gasteiger partial charge in [-0.05, 0) is 82.3 Å². The quantitative estimate of drug-likeness (QED) is 0.416. The fraction of sp³-hybridized carbons (Fsp3) is 0.467. The molecule has 2 aliphatic heterocycles. The first-order valence-electron chi connectivity index (χ1n) is 13.8. The second-order valence-electron chi connectivity index (χ2n) is 11.6. The molecule has 0 aromatic heterocycles. The van der Waals surface area contributed by atoms with Crippen molar-refractivity contribution in [2.24, 2.45) is 5.92 Å². The average molecular weight is 619 g/mol. The van der Waals surface area contributed by atoms with Crippen molar-refractivity contribution in [3.8, 4) is 6.07 Å². The molecule has 2 aromatic carbocycles. The molecule has 0 radical (unpaired) electrons. The number of nitriles is 1. The molecule has 2 aliphatic rings. The number of hydrogen-bond donors (Lipinski definition) is 2. The summed E-state index contributed by atoms with van der Waals surface area (Å²) in [5.41, 5.74) is 1.17. The Balaban J connectivity index is 1.43. The molecule has 0 spiro atoms. The van der Waals surface area contributed by atoms with Crippen LogP contribution < -0.4 is 10.6 Å². The van der Waals surface area contributed by atoms with E-state index in [1.165, 1.54) is 11.0 Å². The Morgan fingerprint density at radius 2 is 1.88 bits per heavy atom. The van der Waals surface area contributed by atoms with Gasteiger partial charge in [0.05, 0.1) is 35.4 Å². The summed E-state index contributed by atoms with van der Waals surface area (Å²) in [6.07, 6.45) is 1.24. The van der Waals surface area contributed by atoms with Crippen LogP contribution in [0.3, 0.4) is 0 Å². The predicted octanol–water partition coefficient (Wildman–Crippen LogP) is 6.15. The van der Waals surface area contributed by atoms with Crippen molar-refractivity contribution in [3.05, 3.63) is 56.8 Å². The first kappa shape index (κ1) is 31.4. The molecule has 1 saturated heterocycles. The summed E-state index contributed by atoms with van der Waals surface area (Å²) in [5, 5.41) is 16.1. The third-order valence-corrected chi connectivity index (χ3v) is 7.90. The molecule has 9 nitrogen and oxygen atoms in total. The molecule has 42 heavy (non-hydrogen) atoms. The number of hydrogen-bond acceptors (Lipinski definition) is 6. The minimum Gasteiger partial charge on any atom is -0.444 e. The van der Waals surface area contributed by atoms with Gasteiger partial charge in [0.15, 0.2) is 0 Å². The molecule has 224 valence electrons. The normalized spacial score (nSPS) is 18.5. The number of carbonyl (C=O) groups excluding carboxylic acids is 3. The molecule has 1 unspecified atom stereocenters. The number of nitrogens with one attached hydrogen (secondary N) is 2. The fourth-order valence-electron chi connectivity index (χ4n) is 5.34. The number of nitrogens with zero attached hydrogens (tertiary/aromatic N) is 3. The van der Waals surface area contributed by atoms with Crippen LogP contribution in [0.4, 0.5) is 20.6 Å². The monoisotopic (exact) mass is 617 g/mol. The number of anilines is 2. The van der Waals surface area contributed by atoms with Gasteiger partial charge in [-0.25, -0.2) is 9.18 Å². The summed E-state index contributed by atoms with van der Waals surface area (Å²) in [4.78, 5) is 42.0. The zero-order valence-corrected chi connectivity index (χ0v) is 25.5. The molecular weight excluding hydrogens is 584 g/mol. The SMILES string of the molecule is CC1c2c(Cl)cc(Cl)cc2CCN1C(=O)CNc1cc(NC(=O)[C@H]2CCCN(C(=O)OC(C)(C)C)C2)c(C#N)cc1F. The number of benzene rings is 2. The second kappa shape index (κ2) is 12.8. The van der Waals surface area contributed by atoms with E-state index in [9.17, 15) is 24.0 Å². The summed E-state index contributed by atoms with van der Waals surface area (Å²) in [5.74, 6) is -1.93. The number of ether oxygens (including phenoxy) is 1. The topological polar surface area (TPSA) is 115 Å². The average Bonchev–Trinajstić information content (AvgIpc) is 2.91. The molecule has 2 heterocycles. The van der Waals surface area contributed by atoms with Gasteiger partial charge >= 0.3 is 6.09 Å². The van der Waals surface area contributed by atoms with E-state index in [2.05, 4.69) is 10.6 Å². The Morgan fingerprint density at radius 3 is 2.57 bits per heavy atom. The number of carbonyl (C=O) groups is 3. The molecule has 0 bridgehead atoms.